The third kappa shape index (κ3) is 3.40. The van der Waals surface area contributed by atoms with Crippen LogP contribution in [-0.4, -0.2) is 46.7 Å². The highest BCUT2D eigenvalue weighted by Crippen LogP contribution is 2.79. The summed E-state index contributed by atoms with van der Waals surface area (Å²) in [4.78, 5) is 30.3. The molecule has 4 fully saturated rings. The van der Waals surface area contributed by atoms with Gasteiger partial charge in [0.1, 0.15) is 5.60 Å². The molecule has 9 rings (SSSR count). The van der Waals surface area contributed by atoms with Gasteiger partial charge in [0.2, 0.25) is 0 Å². The maximum atomic E-state index is 15.2. The number of carbonyl (C=O) groups excluding carboxylic acids is 2. The molecule has 3 saturated carbocycles. The zero-order valence-corrected chi connectivity index (χ0v) is 26.4. The van der Waals surface area contributed by atoms with Gasteiger partial charge in [-0.05, 0) is 79.7 Å². The number of amides is 1. The standard InChI is InChI=1S/C39H45NO4/c1-4-22-40-25-38(44-34(40)43)19-16-32-36(38,3)18-15-31-35(2)17-14-27(41)23-37(35)20-21-39(31,32)30(24-37)33(42)29-13-9-8-12-28(29)26-10-6-5-7-11-26/h5-13,20-21,24,27,31-32,41H,4,14-19,22-23,25H2,1-3H3/t27-,31+,32+,35+,36-,37-,38+,39+/m0/s1. The normalized spacial score (nSPS) is 41.6. The van der Waals surface area contributed by atoms with E-state index in [0.717, 1.165) is 73.8 Å². The summed E-state index contributed by atoms with van der Waals surface area (Å²) < 4.78 is 6.46. The van der Waals surface area contributed by atoms with E-state index in [0.29, 0.717) is 13.0 Å². The van der Waals surface area contributed by atoms with Crippen LogP contribution in [0, 0.1) is 33.5 Å². The van der Waals surface area contributed by atoms with Gasteiger partial charge in [-0.2, -0.15) is 0 Å². The number of fused-ring (bicyclic) bond motifs is 2. The summed E-state index contributed by atoms with van der Waals surface area (Å²) in [5.41, 5.74) is 2.07. The van der Waals surface area contributed by atoms with Crippen molar-refractivity contribution >= 4 is 11.9 Å². The molecule has 2 aromatic rings. The van der Waals surface area contributed by atoms with Gasteiger partial charge in [0.25, 0.3) is 0 Å². The summed E-state index contributed by atoms with van der Waals surface area (Å²) in [6.45, 7) is 8.30. The maximum Gasteiger partial charge on any atom is 0.410 e. The monoisotopic (exact) mass is 591 g/mol. The first-order valence-corrected chi connectivity index (χ1v) is 16.9. The fourth-order valence-corrected chi connectivity index (χ4v) is 11.5. The number of ether oxygens (including phenoxy) is 1. The van der Waals surface area contributed by atoms with Gasteiger partial charge in [0.15, 0.2) is 5.78 Å². The van der Waals surface area contributed by atoms with Crippen LogP contribution in [0.15, 0.2) is 78.4 Å². The van der Waals surface area contributed by atoms with Crippen molar-refractivity contribution in [3.63, 3.8) is 0 Å². The SMILES string of the molecule is CCCN1C[C@@]2(CC[C@H]3[C@]45C=C[C@@]6(C=C4C(=O)c4ccccc4-c4ccccc4)C[C@@H](O)CC[C@]6(C)[C@H]5CC[C@@]32C)OC1=O. The van der Waals surface area contributed by atoms with E-state index >= 15 is 4.79 Å². The van der Waals surface area contributed by atoms with E-state index in [2.05, 4.69) is 57.2 Å². The van der Waals surface area contributed by atoms with Gasteiger partial charge >= 0.3 is 6.09 Å². The van der Waals surface area contributed by atoms with Crippen LogP contribution >= 0.6 is 0 Å². The number of carbonyl (C=O) groups is 2. The van der Waals surface area contributed by atoms with E-state index in [-0.39, 0.29) is 46.1 Å². The van der Waals surface area contributed by atoms with E-state index in [4.69, 9.17) is 4.74 Å². The number of aliphatic hydroxyl groups is 1. The fraction of sp³-hybridized carbons (Fsp3) is 0.538. The number of Topliss-reactive ketones (excluding diaryl/α,β-unsaturated/α-hetero) is 1. The van der Waals surface area contributed by atoms with Gasteiger partial charge in [-0.15, -0.1) is 0 Å². The zero-order chi connectivity index (χ0) is 30.5. The Hall–Kier alpha value is -3.18. The van der Waals surface area contributed by atoms with Crippen LogP contribution in [0.25, 0.3) is 11.1 Å². The second kappa shape index (κ2) is 9.42. The Kier molecular flexibility index (Phi) is 6.06. The molecule has 0 unspecified atom stereocenters. The summed E-state index contributed by atoms with van der Waals surface area (Å²) in [5, 5.41) is 11.0. The molecule has 44 heavy (non-hydrogen) atoms. The summed E-state index contributed by atoms with van der Waals surface area (Å²) in [5.74, 6) is 0.583. The first-order chi connectivity index (χ1) is 21.1. The van der Waals surface area contributed by atoms with Crippen molar-refractivity contribution in [3.8, 4) is 11.1 Å². The van der Waals surface area contributed by atoms with Gasteiger partial charge in [-0.1, -0.05) is 93.6 Å². The predicted molar refractivity (Wildman–Crippen MR) is 171 cm³/mol. The molecule has 5 nitrogen and oxygen atoms in total. The first kappa shape index (κ1) is 28.3. The van der Waals surface area contributed by atoms with Gasteiger partial charge in [0.05, 0.1) is 12.6 Å². The Bertz CT molecular complexity index is 1600. The molecule has 1 aliphatic heterocycles. The number of hydrogen-bond acceptors (Lipinski definition) is 4. The molecule has 5 heteroatoms. The van der Waals surface area contributed by atoms with Crippen LogP contribution < -0.4 is 0 Å². The number of allylic oxidation sites excluding steroid dienone is 4. The molecule has 2 bridgehead atoms. The fourth-order valence-electron chi connectivity index (χ4n) is 11.5. The molecule has 2 aromatic carbocycles. The topological polar surface area (TPSA) is 66.8 Å². The lowest BCUT2D eigenvalue weighted by atomic mass is 9.32. The number of hydrogen-bond donors (Lipinski definition) is 1. The second-order valence-corrected chi connectivity index (χ2v) is 15.3. The first-order valence-electron chi connectivity index (χ1n) is 16.9. The quantitative estimate of drug-likeness (QED) is 0.283. The minimum atomic E-state index is -0.525. The summed E-state index contributed by atoms with van der Waals surface area (Å²) >= 11 is 0. The van der Waals surface area contributed by atoms with Gasteiger partial charge in [-0.25, -0.2) is 4.79 Å². The molecule has 8 atom stereocenters. The summed E-state index contributed by atoms with van der Waals surface area (Å²) in [7, 11) is 0. The van der Waals surface area contributed by atoms with Crippen LogP contribution in [0.1, 0.15) is 82.5 Å². The van der Waals surface area contributed by atoms with E-state index in [1.165, 1.54) is 0 Å². The smallest absolute Gasteiger partial charge is 0.410 e. The van der Waals surface area contributed by atoms with Crippen LogP contribution in [0.3, 0.4) is 0 Å². The summed E-state index contributed by atoms with van der Waals surface area (Å²) in [6.07, 6.45) is 13.7. The largest absolute Gasteiger partial charge is 0.440 e. The number of benzene rings is 2. The van der Waals surface area contributed by atoms with Gasteiger partial charge in [0, 0.05) is 33.9 Å². The average Bonchev–Trinajstić information content (AvgIpc) is 3.51. The molecule has 230 valence electrons. The minimum Gasteiger partial charge on any atom is -0.440 e. The molecule has 1 amide bonds. The van der Waals surface area contributed by atoms with Crippen LogP contribution in [-0.2, 0) is 4.74 Å². The molecular weight excluding hydrogens is 546 g/mol. The van der Waals surface area contributed by atoms with E-state index in [1.54, 1.807) is 0 Å². The highest BCUT2D eigenvalue weighted by Gasteiger charge is 2.76. The third-order valence-corrected chi connectivity index (χ3v) is 13.7. The van der Waals surface area contributed by atoms with Crippen molar-refractivity contribution in [2.24, 2.45) is 33.5 Å². The molecule has 0 radical (unpaired) electrons. The molecule has 7 aliphatic rings. The molecule has 1 heterocycles. The molecule has 1 N–H and O–H groups in total. The van der Waals surface area contributed by atoms with Crippen molar-refractivity contribution in [2.75, 3.05) is 13.1 Å². The van der Waals surface area contributed by atoms with Crippen LogP contribution in [0.5, 0.6) is 0 Å². The van der Waals surface area contributed by atoms with Crippen molar-refractivity contribution in [2.45, 2.75) is 83.8 Å². The predicted octanol–water partition coefficient (Wildman–Crippen LogP) is 8.00. The Balaban J connectivity index is 1.30. The van der Waals surface area contributed by atoms with Crippen molar-refractivity contribution < 1.29 is 19.4 Å². The van der Waals surface area contributed by atoms with E-state index in [9.17, 15) is 9.90 Å². The lowest BCUT2D eigenvalue weighted by molar-refractivity contribution is -0.164. The molecule has 1 saturated heterocycles. The lowest BCUT2D eigenvalue weighted by Crippen LogP contribution is -2.67. The van der Waals surface area contributed by atoms with Crippen molar-refractivity contribution in [1.29, 1.82) is 0 Å². The Labute approximate surface area is 261 Å². The number of ketones is 1. The molecule has 3 spiro atoms. The average molecular weight is 592 g/mol. The third-order valence-electron chi connectivity index (χ3n) is 13.7. The lowest BCUT2D eigenvalue weighted by Gasteiger charge is -2.71. The van der Waals surface area contributed by atoms with E-state index in [1.807, 2.05) is 41.3 Å². The maximum absolute atomic E-state index is 15.2. The van der Waals surface area contributed by atoms with Gasteiger partial charge < -0.3 is 14.7 Å². The van der Waals surface area contributed by atoms with Crippen LogP contribution in [0.4, 0.5) is 4.79 Å². The summed E-state index contributed by atoms with van der Waals surface area (Å²) in [6, 6.07) is 18.3. The van der Waals surface area contributed by atoms with Gasteiger partial charge in [-0.3, -0.25) is 4.79 Å². The second-order valence-electron chi connectivity index (χ2n) is 15.3. The molecular formula is C39H45NO4. The zero-order valence-electron chi connectivity index (χ0n) is 26.4. The van der Waals surface area contributed by atoms with Crippen LogP contribution in [0.2, 0.25) is 0 Å². The number of rotatable bonds is 5. The van der Waals surface area contributed by atoms with Crippen molar-refractivity contribution in [3.05, 3.63) is 84.0 Å². The van der Waals surface area contributed by atoms with Crippen molar-refractivity contribution in [1.82, 2.24) is 4.90 Å². The highest BCUT2D eigenvalue weighted by molar-refractivity contribution is 6.14. The number of nitrogens with zero attached hydrogens (tertiary/aromatic N) is 1. The highest BCUT2D eigenvalue weighted by atomic mass is 16.6. The van der Waals surface area contributed by atoms with E-state index < -0.39 is 11.0 Å². The minimum absolute atomic E-state index is 0.0403. The Morgan fingerprint density at radius 1 is 0.932 bits per heavy atom. The Morgan fingerprint density at radius 3 is 2.43 bits per heavy atom. The number of aliphatic hydroxyl groups excluding tert-OH is 1. The molecule has 0 aromatic heterocycles. The Morgan fingerprint density at radius 2 is 1.64 bits per heavy atom. The molecule has 6 aliphatic carbocycles.